The van der Waals surface area contributed by atoms with Crippen molar-refractivity contribution in [2.24, 2.45) is 11.3 Å². The maximum Gasteiger partial charge on any atom is 0.153 e. The molecule has 1 aliphatic rings. The molecule has 0 saturated carbocycles. The van der Waals surface area contributed by atoms with Gasteiger partial charge in [0.15, 0.2) is 5.82 Å². The molecule has 4 heteroatoms. The predicted octanol–water partition coefficient (Wildman–Crippen LogP) is 3.19. The second-order valence-corrected chi connectivity index (χ2v) is 6.69. The summed E-state index contributed by atoms with van der Waals surface area (Å²) in [5.41, 5.74) is 7.46. The monoisotopic (exact) mass is 272 g/mol. The highest BCUT2D eigenvalue weighted by molar-refractivity contribution is 5.70. The van der Waals surface area contributed by atoms with E-state index < -0.39 is 0 Å². The number of nitrogens with zero attached hydrogens (tertiary/aromatic N) is 3. The SMILES string of the molecule is CC(C)(C)C1CCCN(c2nccc(C#N)c2N)CC1. The zero-order valence-electron chi connectivity index (χ0n) is 12.7. The van der Waals surface area contributed by atoms with Crippen LogP contribution in [0.5, 0.6) is 0 Å². The van der Waals surface area contributed by atoms with E-state index >= 15 is 0 Å². The summed E-state index contributed by atoms with van der Waals surface area (Å²) >= 11 is 0. The maximum atomic E-state index is 9.07. The fourth-order valence-electron chi connectivity index (χ4n) is 2.99. The largest absolute Gasteiger partial charge is 0.395 e. The summed E-state index contributed by atoms with van der Waals surface area (Å²) in [4.78, 5) is 6.63. The smallest absolute Gasteiger partial charge is 0.153 e. The molecule has 2 N–H and O–H groups in total. The molecular weight excluding hydrogens is 248 g/mol. The predicted molar refractivity (Wildman–Crippen MR) is 82.4 cm³/mol. The number of rotatable bonds is 1. The highest BCUT2D eigenvalue weighted by atomic mass is 15.2. The van der Waals surface area contributed by atoms with Gasteiger partial charge in [-0.2, -0.15) is 5.26 Å². The van der Waals surface area contributed by atoms with Gasteiger partial charge in [-0.25, -0.2) is 4.98 Å². The highest BCUT2D eigenvalue weighted by Gasteiger charge is 2.28. The summed E-state index contributed by atoms with van der Waals surface area (Å²) in [6, 6.07) is 3.81. The minimum absolute atomic E-state index is 0.351. The van der Waals surface area contributed by atoms with Crippen LogP contribution in [0.15, 0.2) is 12.3 Å². The highest BCUT2D eigenvalue weighted by Crippen LogP contribution is 2.35. The van der Waals surface area contributed by atoms with Gasteiger partial charge in [-0.15, -0.1) is 0 Å². The number of aromatic nitrogens is 1. The Morgan fingerprint density at radius 1 is 1.35 bits per heavy atom. The van der Waals surface area contributed by atoms with Crippen molar-refractivity contribution in [3.8, 4) is 6.07 Å². The molecule has 108 valence electrons. The number of nitrogens with two attached hydrogens (primary N) is 1. The van der Waals surface area contributed by atoms with Crippen molar-refractivity contribution in [2.75, 3.05) is 23.7 Å². The van der Waals surface area contributed by atoms with Gasteiger partial charge in [0.05, 0.1) is 11.3 Å². The van der Waals surface area contributed by atoms with Crippen molar-refractivity contribution in [3.63, 3.8) is 0 Å². The Bertz CT molecular complexity index is 510. The molecule has 4 nitrogen and oxygen atoms in total. The number of nitrogen functional groups attached to an aromatic ring is 1. The third-order valence-electron chi connectivity index (χ3n) is 4.34. The summed E-state index contributed by atoms with van der Waals surface area (Å²) in [5, 5.41) is 9.07. The Labute approximate surface area is 121 Å². The first-order valence-corrected chi connectivity index (χ1v) is 7.33. The van der Waals surface area contributed by atoms with Crippen molar-refractivity contribution in [1.82, 2.24) is 4.98 Å². The quantitative estimate of drug-likeness (QED) is 0.852. The molecule has 0 aromatic carbocycles. The van der Waals surface area contributed by atoms with E-state index in [9.17, 15) is 0 Å². The first kappa shape index (κ1) is 14.6. The summed E-state index contributed by atoms with van der Waals surface area (Å²) in [7, 11) is 0. The molecular formula is C16H24N4. The van der Waals surface area contributed by atoms with Crippen molar-refractivity contribution >= 4 is 11.5 Å². The molecule has 1 aliphatic heterocycles. The molecule has 0 amide bonds. The van der Waals surface area contributed by atoms with Gasteiger partial charge >= 0.3 is 0 Å². The zero-order chi connectivity index (χ0) is 14.8. The lowest BCUT2D eigenvalue weighted by Crippen LogP contribution is -2.27. The lowest BCUT2D eigenvalue weighted by Gasteiger charge is -2.30. The fourth-order valence-corrected chi connectivity index (χ4v) is 2.99. The first-order valence-electron chi connectivity index (χ1n) is 7.33. The molecule has 20 heavy (non-hydrogen) atoms. The number of hydrogen-bond acceptors (Lipinski definition) is 4. The molecule has 1 aromatic rings. The van der Waals surface area contributed by atoms with Crippen LogP contribution in [0.1, 0.15) is 45.6 Å². The van der Waals surface area contributed by atoms with E-state index in [0.29, 0.717) is 16.7 Å². The van der Waals surface area contributed by atoms with Gasteiger partial charge in [0.25, 0.3) is 0 Å². The van der Waals surface area contributed by atoms with E-state index in [4.69, 9.17) is 11.0 Å². The van der Waals surface area contributed by atoms with Gasteiger partial charge in [0, 0.05) is 19.3 Å². The Morgan fingerprint density at radius 2 is 2.10 bits per heavy atom. The van der Waals surface area contributed by atoms with Crippen molar-refractivity contribution in [2.45, 2.75) is 40.0 Å². The van der Waals surface area contributed by atoms with Crippen LogP contribution in [0.25, 0.3) is 0 Å². The summed E-state index contributed by atoms with van der Waals surface area (Å²) in [6.07, 6.45) is 5.23. The van der Waals surface area contributed by atoms with Crippen molar-refractivity contribution < 1.29 is 0 Å². The molecule has 2 rings (SSSR count). The Balaban J connectivity index is 2.18. The zero-order valence-corrected chi connectivity index (χ0v) is 12.7. The van der Waals surface area contributed by atoms with Crippen LogP contribution in [-0.2, 0) is 0 Å². The van der Waals surface area contributed by atoms with E-state index in [1.165, 1.54) is 6.42 Å². The molecule has 1 unspecified atom stereocenters. The van der Waals surface area contributed by atoms with E-state index in [1.54, 1.807) is 12.3 Å². The molecule has 2 heterocycles. The number of anilines is 2. The molecule has 1 fully saturated rings. The minimum atomic E-state index is 0.351. The Morgan fingerprint density at radius 3 is 2.75 bits per heavy atom. The van der Waals surface area contributed by atoms with E-state index in [-0.39, 0.29) is 0 Å². The fraction of sp³-hybridized carbons (Fsp3) is 0.625. The topological polar surface area (TPSA) is 65.9 Å². The standard InChI is InChI=1S/C16H24N4/c1-16(2,3)13-5-4-9-20(10-7-13)15-14(18)12(11-17)6-8-19-15/h6,8,13H,4-5,7,9-10,18H2,1-3H3. The Kier molecular flexibility index (Phi) is 4.17. The lowest BCUT2D eigenvalue weighted by molar-refractivity contribution is 0.220. The van der Waals surface area contributed by atoms with Crippen LogP contribution in [0, 0.1) is 22.7 Å². The first-order chi connectivity index (χ1) is 9.43. The van der Waals surface area contributed by atoms with Crippen LogP contribution >= 0.6 is 0 Å². The van der Waals surface area contributed by atoms with E-state index in [1.807, 2.05) is 0 Å². The maximum absolute atomic E-state index is 9.07. The Hall–Kier alpha value is -1.76. The van der Waals surface area contributed by atoms with Gasteiger partial charge in [-0.1, -0.05) is 20.8 Å². The lowest BCUT2D eigenvalue weighted by atomic mass is 9.77. The molecule has 1 aromatic heterocycles. The molecule has 0 bridgehead atoms. The van der Waals surface area contributed by atoms with Gasteiger partial charge in [-0.3, -0.25) is 0 Å². The molecule has 0 aliphatic carbocycles. The van der Waals surface area contributed by atoms with Crippen molar-refractivity contribution in [3.05, 3.63) is 17.8 Å². The molecule has 1 atom stereocenters. The second kappa shape index (κ2) is 5.70. The van der Waals surface area contributed by atoms with Gasteiger partial charge in [0.2, 0.25) is 0 Å². The summed E-state index contributed by atoms with van der Waals surface area (Å²) < 4.78 is 0. The average Bonchev–Trinajstić information content (AvgIpc) is 2.64. The molecule has 1 saturated heterocycles. The summed E-state index contributed by atoms with van der Waals surface area (Å²) in [5.74, 6) is 1.51. The van der Waals surface area contributed by atoms with Gasteiger partial charge in [0.1, 0.15) is 6.07 Å². The molecule has 0 radical (unpaired) electrons. The number of pyridine rings is 1. The molecule has 0 spiro atoms. The summed E-state index contributed by atoms with van der Waals surface area (Å²) in [6.45, 7) is 8.88. The third-order valence-corrected chi connectivity index (χ3v) is 4.34. The van der Waals surface area contributed by atoms with E-state index in [0.717, 1.165) is 37.7 Å². The van der Waals surface area contributed by atoms with E-state index in [2.05, 4.69) is 36.7 Å². The number of nitriles is 1. The third kappa shape index (κ3) is 3.04. The normalized spacial score (nSPS) is 20.3. The van der Waals surface area contributed by atoms with Crippen LogP contribution in [0.4, 0.5) is 11.5 Å². The van der Waals surface area contributed by atoms with Crippen LogP contribution < -0.4 is 10.6 Å². The number of hydrogen-bond donors (Lipinski definition) is 1. The van der Waals surface area contributed by atoms with Crippen LogP contribution in [-0.4, -0.2) is 18.1 Å². The minimum Gasteiger partial charge on any atom is -0.395 e. The van der Waals surface area contributed by atoms with Crippen LogP contribution in [0.2, 0.25) is 0 Å². The van der Waals surface area contributed by atoms with Crippen molar-refractivity contribution in [1.29, 1.82) is 5.26 Å². The van der Waals surface area contributed by atoms with Crippen LogP contribution in [0.3, 0.4) is 0 Å². The van der Waals surface area contributed by atoms with Gasteiger partial charge < -0.3 is 10.6 Å². The van der Waals surface area contributed by atoms with Gasteiger partial charge in [-0.05, 0) is 36.7 Å². The average molecular weight is 272 g/mol. The second-order valence-electron chi connectivity index (χ2n) is 6.69.